The quantitative estimate of drug-likeness (QED) is 0.709. The summed E-state index contributed by atoms with van der Waals surface area (Å²) in [5.41, 5.74) is 0.914. The molecule has 0 amide bonds. The number of hydrogen-bond acceptors (Lipinski definition) is 4. The van der Waals surface area contributed by atoms with Gasteiger partial charge >= 0.3 is 5.97 Å². The van der Waals surface area contributed by atoms with Crippen molar-refractivity contribution in [3.8, 4) is 0 Å². The standard InChI is InChI=1S/C9H15N3O2/c1-3-14-9(13)4-5-10-8-6-11-12(2)7-8/h6-7,10H,3-5H2,1-2H3. The third-order valence-electron chi connectivity index (χ3n) is 1.67. The van der Waals surface area contributed by atoms with Gasteiger partial charge in [0.05, 0.1) is 24.9 Å². The zero-order valence-electron chi connectivity index (χ0n) is 8.49. The number of carbonyl (C=O) groups excluding carboxylic acids is 1. The lowest BCUT2D eigenvalue weighted by Crippen LogP contribution is -2.10. The van der Waals surface area contributed by atoms with Crippen molar-refractivity contribution in [3.63, 3.8) is 0 Å². The topological polar surface area (TPSA) is 56.1 Å². The number of aromatic nitrogens is 2. The van der Waals surface area contributed by atoms with Gasteiger partial charge in [-0.3, -0.25) is 9.48 Å². The van der Waals surface area contributed by atoms with E-state index >= 15 is 0 Å². The Hall–Kier alpha value is -1.52. The van der Waals surface area contributed by atoms with Crippen molar-refractivity contribution in [2.45, 2.75) is 13.3 Å². The highest BCUT2D eigenvalue weighted by Gasteiger charge is 2.01. The van der Waals surface area contributed by atoms with E-state index < -0.39 is 0 Å². The summed E-state index contributed by atoms with van der Waals surface area (Å²) in [4.78, 5) is 11.0. The predicted octanol–water partition coefficient (Wildman–Crippen LogP) is 0.785. The molecule has 1 aromatic heterocycles. The van der Waals surface area contributed by atoms with E-state index in [0.29, 0.717) is 19.6 Å². The molecule has 78 valence electrons. The van der Waals surface area contributed by atoms with Gasteiger partial charge in [0, 0.05) is 19.8 Å². The fourth-order valence-corrected chi connectivity index (χ4v) is 1.05. The minimum Gasteiger partial charge on any atom is -0.466 e. The van der Waals surface area contributed by atoms with Crippen LogP contribution in [-0.4, -0.2) is 28.9 Å². The van der Waals surface area contributed by atoms with Gasteiger partial charge in [0.15, 0.2) is 0 Å². The molecule has 14 heavy (non-hydrogen) atoms. The number of anilines is 1. The number of ether oxygens (including phenoxy) is 1. The van der Waals surface area contributed by atoms with Crippen molar-refractivity contribution in [3.05, 3.63) is 12.4 Å². The van der Waals surface area contributed by atoms with E-state index in [1.54, 1.807) is 17.8 Å². The second-order valence-electron chi connectivity index (χ2n) is 2.88. The zero-order valence-corrected chi connectivity index (χ0v) is 8.49. The molecule has 1 aromatic rings. The smallest absolute Gasteiger partial charge is 0.307 e. The van der Waals surface area contributed by atoms with Crippen LogP contribution in [0.3, 0.4) is 0 Å². The molecule has 0 spiro atoms. The molecule has 1 rings (SSSR count). The highest BCUT2D eigenvalue weighted by molar-refractivity contribution is 5.70. The van der Waals surface area contributed by atoms with Gasteiger partial charge in [-0.15, -0.1) is 0 Å². The Morgan fingerprint density at radius 2 is 2.50 bits per heavy atom. The summed E-state index contributed by atoms with van der Waals surface area (Å²) in [7, 11) is 1.84. The summed E-state index contributed by atoms with van der Waals surface area (Å²) in [6.45, 7) is 2.81. The molecule has 1 N–H and O–H groups in total. The molecule has 0 bridgehead atoms. The average Bonchev–Trinajstić information content (AvgIpc) is 2.52. The van der Waals surface area contributed by atoms with Crippen molar-refractivity contribution in [1.82, 2.24) is 9.78 Å². The first-order chi connectivity index (χ1) is 6.72. The van der Waals surface area contributed by atoms with Gasteiger partial charge in [-0.1, -0.05) is 0 Å². The van der Waals surface area contributed by atoms with Crippen LogP contribution in [0.15, 0.2) is 12.4 Å². The van der Waals surface area contributed by atoms with Crippen molar-refractivity contribution in [1.29, 1.82) is 0 Å². The molecule has 5 heteroatoms. The Kier molecular flexibility index (Phi) is 3.97. The Labute approximate surface area is 83.1 Å². The number of rotatable bonds is 5. The minimum absolute atomic E-state index is 0.177. The zero-order chi connectivity index (χ0) is 10.4. The Morgan fingerprint density at radius 3 is 3.07 bits per heavy atom. The average molecular weight is 197 g/mol. The maximum absolute atomic E-state index is 11.0. The van der Waals surface area contributed by atoms with E-state index in [0.717, 1.165) is 5.69 Å². The summed E-state index contributed by atoms with van der Waals surface area (Å²) in [5, 5.41) is 7.06. The summed E-state index contributed by atoms with van der Waals surface area (Å²) in [6.07, 6.45) is 3.94. The van der Waals surface area contributed by atoms with Crippen LogP contribution in [0.25, 0.3) is 0 Å². The SMILES string of the molecule is CCOC(=O)CCNc1cnn(C)c1. The number of nitrogens with zero attached hydrogens (tertiary/aromatic N) is 2. The van der Waals surface area contributed by atoms with E-state index in [-0.39, 0.29) is 5.97 Å². The molecule has 0 atom stereocenters. The van der Waals surface area contributed by atoms with Gasteiger partial charge in [0.25, 0.3) is 0 Å². The van der Waals surface area contributed by atoms with Crippen LogP contribution in [0.2, 0.25) is 0 Å². The number of esters is 1. The van der Waals surface area contributed by atoms with Gasteiger partial charge in [-0.05, 0) is 6.92 Å². The Morgan fingerprint density at radius 1 is 1.71 bits per heavy atom. The van der Waals surface area contributed by atoms with Crippen LogP contribution in [0.4, 0.5) is 5.69 Å². The molecule has 5 nitrogen and oxygen atoms in total. The normalized spacial score (nSPS) is 9.86. The number of aryl methyl sites for hydroxylation is 1. The van der Waals surface area contributed by atoms with Crippen LogP contribution in [0.1, 0.15) is 13.3 Å². The summed E-state index contributed by atoms with van der Waals surface area (Å²) >= 11 is 0. The van der Waals surface area contributed by atoms with Crippen LogP contribution in [-0.2, 0) is 16.6 Å². The maximum atomic E-state index is 11.0. The van der Waals surface area contributed by atoms with Gasteiger partial charge in [0.1, 0.15) is 0 Å². The van der Waals surface area contributed by atoms with Gasteiger partial charge < -0.3 is 10.1 Å². The molecule has 0 saturated heterocycles. The number of carbonyl (C=O) groups is 1. The van der Waals surface area contributed by atoms with Crippen molar-refractivity contribution in [2.24, 2.45) is 7.05 Å². The highest BCUT2D eigenvalue weighted by atomic mass is 16.5. The summed E-state index contributed by atoms with van der Waals surface area (Å²) in [6, 6.07) is 0. The molecule has 0 aliphatic heterocycles. The molecule has 0 saturated carbocycles. The van der Waals surface area contributed by atoms with E-state index in [1.807, 2.05) is 13.2 Å². The summed E-state index contributed by atoms with van der Waals surface area (Å²) < 4.78 is 6.49. The third-order valence-corrected chi connectivity index (χ3v) is 1.67. The van der Waals surface area contributed by atoms with Gasteiger partial charge in [-0.25, -0.2) is 0 Å². The molecular weight excluding hydrogens is 182 g/mol. The molecule has 0 fully saturated rings. The number of hydrogen-bond donors (Lipinski definition) is 1. The molecule has 0 radical (unpaired) electrons. The second-order valence-corrected chi connectivity index (χ2v) is 2.88. The van der Waals surface area contributed by atoms with Crippen molar-refractivity contribution < 1.29 is 9.53 Å². The molecule has 0 unspecified atom stereocenters. The Balaban J connectivity index is 2.18. The second kappa shape index (κ2) is 5.26. The maximum Gasteiger partial charge on any atom is 0.307 e. The lowest BCUT2D eigenvalue weighted by molar-refractivity contribution is -0.142. The summed E-state index contributed by atoms with van der Waals surface area (Å²) in [5.74, 6) is -0.177. The van der Waals surface area contributed by atoms with E-state index in [4.69, 9.17) is 4.74 Å². The number of nitrogens with one attached hydrogen (secondary N) is 1. The van der Waals surface area contributed by atoms with Gasteiger partial charge in [0.2, 0.25) is 0 Å². The lowest BCUT2D eigenvalue weighted by Gasteiger charge is -2.02. The molecule has 0 aromatic carbocycles. The largest absolute Gasteiger partial charge is 0.466 e. The fraction of sp³-hybridized carbons (Fsp3) is 0.556. The van der Waals surface area contributed by atoms with Crippen LogP contribution in [0, 0.1) is 0 Å². The predicted molar refractivity (Wildman–Crippen MR) is 52.9 cm³/mol. The fourth-order valence-electron chi connectivity index (χ4n) is 1.05. The first-order valence-corrected chi connectivity index (χ1v) is 4.60. The van der Waals surface area contributed by atoms with E-state index in [1.165, 1.54) is 0 Å². The van der Waals surface area contributed by atoms with Crippen LogP contribution >= 0.6 is 0 Å². The molecule has 0 aliphatic carbocycles. The molecular formula is C9H15N3O2. The highest BCUT2D eigenvalue weighted by Crippen LogP contribution is 2.02. The van der Waals surface area contributed by atoms with E-state index in [2.05, 4.69) is 10.4 Å². The van der Waals surface area contributed by atoms with Crippen LogP contribution < -0.4 is 5.32 Å². The Bertz CT molecular complexity index is 296. The lowest BCUT2D eigenvalue weighted by atomic mass is 10.4. The molecule has 0 aliphatic rings. The molecule has 1 heterocycles. The first-order valence-electron chi connectivity index (χ1n) is 4.60. The monoisotopic (exact) mass is 197 g/mol. The third kappa shape index (κ3) is 3.47. The van der Waals surface area contributed by atoms with E-state index in [9.17, 15) is 4.79 Å². The van der Waals surface area contributed by atoms with Gasteiger partial charge in [-0.2, -0.15) is 5.10 Å². The van der Waals surface area contributed by atoms with Crippen molar-refractivity contribution >= 4 is 11.7 Å². The van der Waals surface area contributed by atoms with Crippen molar-refractivity contribution in [2.75, 3.05) is 18.5 Å². The van der Waals surface area contributed by atoms with Crippen LogP contribution in [0.5, 0.6) is 0 Å². The minimum atomic E-state index is -0.177. The first kappa shape index (κ1) is 10.6.